The lowest BCUT2D eigenvalue weighted by Crippen LogP contribution is -2.69. The van der Waals surface area contributed by atoms with Gasteiger partial charge in [-0.25, -0.2) is 9.59 Å². The monoisotopic (exact) mass is 412 g/mol. The zero-order valence-electron chi connectivity index (χ0n) is 18.3. The van der Waals surface area contributed by atoms with Crippen molar-refractivity contribution in [2.24, 2.45) is 5.92 Å². The molecule has 0 saturated carbocycles. The number of carbonyl (C=O) groups excluding carboxylic acids is 4. The second-order valence-corrected chi connectivity index (χ2v) is 9.39. The molecule has 0 spiro atoms. The first-order valence-corrected chi connectivity index (χ1v) is 9.92. The van der Waals surface area contributed by atoms with Crippen LogP contribution < -0.4 is 0 Å². The molecule has 2 heterocycles. The Bertz CT molecular complexity index is 669. The Balaban J connectivity index is 2.34. The number of amides is 2. The molecule has 2 aliphatic heterocycles. The summed E-state index contributed by atoms with van der Waals surface area (Å²) in [5.74, 6) is -2.15. The van der Waals surface area contributed by atoms with E-state index in [1.54, 1.807) is 48.5 Å². The first kappa shape index (κ1) is 23.0. The number of piperazine rings is 1. The predicted octanol–water partition coefficient (Wildman–Crippen LogP) is 2.36. The largest absolute Gasteiger partial charge is 0.465 e. The molecule has 9 heteroatoms. The number of piperidine rings is 1. The van der Waals surface area contributed by atoms with Gasteiger partial charge in [0.05, 0.1) is 18.7 Å². The molecule has 2 bridgehead atoms. The van der Waals surface area contributed by atoms with Gasteiger partial charge in [0.2, 0.25) is 0 Å². The molecular weight excluding hydrogens is 380 g/mol. The number of hydrogen-bond donors (Lipinski definition) is 0. The summed E-state index contributed by atoms with van der Waals surface area (Å²) >= 11 is 0. The number of likely N-dealkylation sites (tertiary alicyclic amines) is 1. The summed E-state index contributed by atoms with van der Waals surface area (Å²) < 4.78 is 16.0. The number of hydrogen-bond acceptors (Lipinski definition) is 7. The summed E-state index contributed by atoms with van der Waals surface area (Å²) in [6.07, 6.45) is -1.22. The highest BCUT2D eigenvalue weighted by molar-refractivity contribution is 6.01. The van der Waals surface area contributed by atoms with E-state index in [1.165, 1.54) is 9.80 Å². The molecule has 0 radical (unpaired) electrons. The molecule has 164 valence electrons. The molecular formula is C20H32N2O7. The van der Waals surface area contributed by atoms with Gasteiger partial charge in [0.1, 0.15) is 17.1 Å². The van der Waals surface area contributed by atoms with Crippen molar-refractivity contribution >= 4 is 23.9 Å². The van der Waals surface area contributed by atoms with Crippen molar-refractivity contribution in [3.63, 3.8) is 0 Å². The maximum Gasteiger partial charge on any atom is 0.410 e. The van der Waals surface area contributed by atoms with Crippen LogP contribution in [0.1, 0.15) is 54.9 Å². The number of ketones is 1. The van der Waals surface area contributed by atoms with Crippen LogP contribution in [0.15, 0.2) is 0 Å². The Kier molecular flexibility index (Phi) is 6.49. The molecule has 9 nitrogen and oxygen atoms in total. The quantitative estimate of drug-likeness (QED) is 0.390. The normalized spacial score (nSPS) is 24.8. The van der Waals surface area contributed by atoms with Gasteiger partial charge >= 0.3 is 18.2 Å². The van der Waals surface area contributed by atoms with E-state index >= 15 is 0 Å². The van der Waals surface area contributed by atoms with Crippen LogP contribution in [0.3, 0.4) is 0 Å². The lowest BCUT2D eigenvalue weighted by atomic mass is 9.81. The van der Waals surface area contributed by atoms with E-state index in [-0.39, 0.29) is 31.9 Å². The van der Waals surface area contributed by atoms with Gasteiger partial charge in [0.15, 0.2) is 5.78 Å². The summed E-state index contributed by atoms with van der Waals surface area (Å²) in [5.41, 5.74) is -1.43. The second kappa shape index (κ2) is 8.20. The third kappa shape index (κ3) is 5.61. The van der Waals surface area contributed by atoms with Crippen LogP contribution in [0.25, 0.3) is 0 Å². The second-order valence-electron chi connectivity index (χ2n) is 9.39. The Morgan fingerprint density at radius 3 is 2.03 bits per heavy atom. The minimum Gasteiger partial charge on any atom is -0.465 e. The molecule has 3 atom stereocenters. The number of esters is 1. The number of rotatable bonds is 2. The van der Waals surface area contributed by atoms with Gasteiger partial charge in [0.25, 0.3) is 0 Å². The average Bonchev–Trinajstić information content (AvgIpc) is 2.50. The summed E-state index contributed by atoms with van der Waals surface area (Å²) in [6.45, 7) is 12.4. The molecule has 2 amide bonds. The number of nitrogens with zero attached hydrogens (tertiary/aromatic N) is 2. The van der Waals surface area contributed by atoms with Gasteiger partial charge in [-0.1, -0.05) is 0 Å². The third-order valence-corrected chi connectivity index (χ3v) is 4.55. The average molecular weight is 412 g/mol. The van der Waals surface area contributed by atoms with Crippen molar-refractivity contribution in [1.82, 2.24) is 9.80 Å². The number of Topliss-reactive ketones (excluding diaryl/α,β-unsaturated/α-hetero) is 1. The number of carbonyl (C=O) groups is 4. The van der Waals surface area contributed by atoms with Gasteiger partial charge in [-0.05, 0) is 48.5 Å². The molecule has 0 aromatic rings. The highest BCUT2D eigenvalue weighted by Crippen LogP contribution is 2.33. The lowest BCUT2D eigenvalue weighted by Gasteiger charge is -2.51. The van der Waals surface area contributed by atoms with Crippen molar-refractivity contribution < 1.29 is 33.4 Å². The Morgan fingerprint density at radius 1 is 0.966 bits per heavy atom. The molecule has 0 aromatic carbocycles. The first-order chi connectivity index (χ1) is 13.2. The molecule has 2 unspecified atom stereocenters. The smallest absolute Gasteiger partial charge is 0.410 e. The SMILES string of the molecule is CCOC(=O)[C@@H]1C(=O)CC2CN(C(=O)OC(C)(C)C)CC1N2C(=O)OC(C)(C)C. The predicted molar refractivity (Wildman–Crippen MR) is 103 cm³/mol. The minimum absolute atomic E-state index is 0.0140. The summed E-state index contributed by atoms with van der Waals surface area (Å²) in [5, 5.41) is 0. The molecule has 0 N–H and O–H groups in total. The minimum atomic E-state index is -1.16. The van der Waals surface area contributed by atoms with E-state index in [4.69, 9.17) is 14.2 Å². The maximum absolute atomic E-state index is 12.9. The maximum atomic E-state index is 12.9. The van der Waals surface area contributed by atoms with Crippen LogP contribution in [0.5, 0.6) is 0 Å². The van der Waals surface area contributed by atoms with Gasteiger partial charge < -0.3 is 19.1 Å². The molecule has 0 aliphatic carbocycles. The Labute approximate surface area is 171 Å². The molecule has 2 fully saturated rings. The van der Waals surface area contributed by atoms with Crippen LogP contribution in [0.4, 0.5) is 9.59 Å². The van der Waals surface area contributed by atoms with Gasteiger partial charge in [-0.3, -0.25) is 14.5 Å². The highest BCUT2D eigenvalue weighted by Gasteiger charge is 2.54. The van der Waals surface area contributed by atoms with E-state index in [1.807, 2.05) is 0 Å². The van der Waals surface area contributed by atoms with E-state index in [0.29, 0.717) is 0 Å². The van der Waals surface area contributed by atoms with Crippen LogP contribution >= 0.6 is 0 Å². The van der Waals surface area contributed by atoms with Crippen LogP contribution in [0.2, 0.25) is 0 Å². The fraction of sp³-hybridized carbons (Fsp3) is 0.800. The fourth-order valence-electron chi connectivity index (χ4n) is 3.60. The summed E-state index contributed by atoms with van der Waals surface area (Å²) in [6, 6.07) is -1.45. The number of ether oxygens (including phenoxy) is 3. The number of fused-ring (bicyclic) bond motifs is 2. The van der Waals surface area contributed by atoms with Crippen LogP contribution in [0, 0.1) is 5.92 Å². The molecule has 2 rings (SSSR count). The van der Waals surface area contributed by atoms with E-state index in [0.717, 1.165) is 0 Å². The standard InChI is InChI=1S/C20H32N2O7/c1-8-27-16(24)15-13-11-21(17(25)28-19(2,3)4)10-12(9-14(15)23)22(13)18(26)29-20(5,6)7/h12-13,15H,8-11H2,1-7H3/t12?,13?,15-/m0/s1. The summed E-state index contributed by atoms with van der Waals surface area (Å²) in [7, 11) is 0. The van der Waals surface area contributed by atoms with Gasteiger partial charge in [0, 0.05) is 19.5 Å². The fourth-order valence-corrected chi connectivity index (χ4v) is 3.60. The highest BCUT2D eigenvalue weighted by atomic mass is 16.6. The topological polar surface area (TPSA) is 102 Å². The van der Waals surface area contributed by atoms with Gasteiger partial charge in [-0.15, -0.1) is 0 Å². The van der Waals surface area contributed by atoms with Crippen LogP contribution in [-0.4, -0.2) is 76.7 Å². The molecule has 2 saturated heterocycles. The van der Waals surface area contributed by atoms with Crippen molar-refractivity contribution in [2.75, 3.05) is 19.7 Å². The lowest BCUT2D eigenvalue weighted by molar-refractivity contribution is -0.160. The zero-order chi connectivity index (χ0) is 22.1. The van der Waals surface area contributed by atoms with Crippen molar-refractivity contribution in [3.05, 3.63) is 0 Å². The van der Waals surface area contributed by atoms with Crippen LogP contribution in [-0.2, 0) is 23.8 Å². The van der Waals surface area contributed by atoms with E-state index < -0.39 is 47.4 Å². The van der Waals surface area contributed by atoms with Crippen molar-refractivity contribution in [1.29, 1.82) is 0 Å². The first-order valence-electron chi connectivity index (χ1n) is 9.92. The summed E-state index contributed by atoms with van der Waals surface area (Å²) in [4.78, 5) is 53.5. The molecule has 0 aromatic heterocycles. The van der Waals surface area contributed by atoms with Crippen molar-refractivity contribution in [2.45, 2.75) is 78.2 Å². The molecule has 29 heavy (non-hydrogen) atoms. The van der Waals surface area contributed by atoms with E-state index in [2.05, 4.69) is 0 Å². The van der Waals surface area contributed by atoms with Crippen molar-refractivity contribution in [3.8, 4) is 0 Å². The van der Waals surface area contributed by atoms with E-state index in [9.17, 15) is 19.2 Å². The Morgan fingerprint density at radius 2 is 1.52 bits per heavy atom. The third-order valence-electron chi connectivity index (χ3n) is 4.55. The Hall–Kier alpha value is -2.32. The zero-order valence-corrected chi connectivity index (χ0v) is 18.3. The molecule has 2 aliphatic rings. The van der Waals surface area contributed by atoms with Gasteiger partial charge in [-0.2, -0.15) is 0 Å².